The van der Waals surface area contributed by atoms with Crippen LogP contribution in [0.5, 0.6) is 0 Å². The van der Waals surface area contributed by atoms with Gasteiger partial charge in [-0.25, -0.2) is 4.39 Å². The molecule has 1 atom stereocenters. The van der Waals surface area contributed by atoms with Gasteiger partial charge < -0.3 is 16.3 Å². The zero-order valence-corrected chi connectivity index (χ0v) is 11.1. The average molecular weight is 265 g/mol. The third-order valence-electron chi connectivity index (χ3n) is 3.77. The lowest BCUT2D eigenvalue weighted by atomic mass is 10.0. The van der Waals surface area contributed by atoms with E-state index in [9.17, 15) is 4.39 Å². The average Bonchev–Trinajstić information content (AvgIpc) is 3.16. The Labute approximate surface area is 112 Å². The van der Waals surface area contributed by atoms with E-state index in [4.69, 9.17) is 10.9 Å². The summed E-state index contributed by atoms with van der Waals surface area (Å²) in [6, 6.07) is 6.69. The highest BCUT2D eigenvalue weighted by Gasteiger charge is 2.43. The van der Waals surface area contributed by atoms with Crippen molar-refractivity contribution in [3.8, 4) is 0 Å². The molecule has 0 spiro atoms. The van der Waals surface area contributed by atoms with Crippen molar-refractivity contribution >= 4 is 5.84 Å². The van der Waals surface area contributed by atoms with Crippen LogP contribution < -0.4 is 11.1 Å². The minimum atomic E-state index is -0.219. The summed E-state index contributed by atoms with van der Waals surface area (Å²) >= 11 is 0. The first-order valence-electron chi connectivity index (χ1n) is 6.50. The van der Waals surface area contributed by atoms with Gasteiger partial charge in [0.2, 0.25) is 0 Å². The Bertz CT molecular complexity index is 472. The highest BCUT2D eigenvalue weighted by molar-refractivity contribution is 5.80. The summed E-state index contributed by atoms with van der Waals surface area (Å²) in [7, 11) is 0. The first kappa shape index (κ1) is 13.8. The summed E-state index contributed by atoms with van der Waals surface area (Å²) in [6.45, 7) is 2.80. The van der Waals surface area contributed by atoms with E-state index in [1.807, 2.05) is 13.0 Å². The SMILES string of the molecule is C[C@H](NCC1(C/C(N)=N/O)CC1)c1cccc(F)c1. The van der Waals surface area contributed by atoms with Gasteiger partial charge in [-0.1, -0.05) is 17.3 Å². The van der Waals surface area contributed by atoms with Gasteiger partial charge in [0.1, 0.15) is 11.7 Å². The zero-order valence-electron chi connectivity index (χ0n) is 11.1. The normalized spacial score (nSPS) is 19.2. The molecule has 0 unspecified atom stereocenters. The highest BCUT2D eigenvalue weighted by atomic mass is 19.1. The first-order valence-corrected chi connectivity index (χ1v) is 6.50. The lowest BCUT2D eigenvalue weighted by Crippen LogP contribution is -2.30. The Balaban J connectivity index is 1.89. The number of oxime groups is 1. The number of hydrogen-bond donors (Lipinski definition) is 3. The molecule has 1 aliphatic rings. The van der Waals surface area contributed by atoms with Crippen LogP contribution in [0.3, 0.4) is 0 Å². The molecule has 1 aromatic rings. The lowest BCUT2D eigenvalue weighted by molar-refractivity contribution is 0.313. The maximum absolute atomic E-state index is 13.1. The number of benzene rings is 1. The van der Waals surface area contributed by atoms with E-state index in [-0.39, 0.29) is 23.1 Å². The minimum Gasteiger partial charge on any atom is -0.409 e. The van der Waals surface area contributed by atoms with Crippen LogP contribution in [0.2, 0.25) is 0 Å². The smallest absolute Gasteiger partial charge is 0.139 e. The molecule has 0 aliphatic heterocycles. The predicted molar refractivity (Wildman–Crippen MR) is 72.5 cm³/mol. The number of hydrogen-bond acceptors (Lipinski definition) is 3. The molecule has 2 rings (SSSR count). The van der Waals surface area contributed by atoms with Gasteiger partial charge in [0.25, 0.3) is 0 Å². The third kappa shape index (κ3) is 3.67. The van der Waals surface area contributed by atoms with Crippen molar-refractivity contribution in [3.63, 3.8) is 0 Å². The van der Waals surface area contributed by atoms with Crippen LogP contribution in [0.15, 0.2) is 29.4 Å². The summed E-state index contributed by atoms with van der Waals surface area (Å²) in [5.41, 5.74) is 6.60. The Kier molecular flexibility index (Phi) is 4.04. The molecule has 19 heavy (non-hydrogen) atoms. The van der Waals surface area contributed by atoms with Crippen molar-refractivity contribution in [3.05, 3.63) is 35.6 Å². The molecule has 0 saturated heterocycles. The summed E-state index contributed by atoms with van der Waals surface area (Å²) < 4.78 is 13.1. The quantitative estimate of drug-likeness (QED) is 0.320. The Hall–Kier alpha value is -1.62. The van der Waals surface area contributed by atoms with Crippen LogP contribution >= 0.6 is 0 Å². The van der Waals surface area contributed by atoms with Gasteiger partial charge in [-0.3, -0.25) is 0 Å². The van der Waals surface area contributed by atoms with Gasteiger partial charge >= 0.3 is 0 Å². The molecule has 0 amide bonds. The molecule has 4 nitrogen and oxygen atoms in total. The number of nitrogens with one attached hydrogen (secondary N) is 1. The van der Waals surface area contributed by atoms with E-state index >= 15 is 0 Å². The second kappa shape index (κ2) is 5.57. The van der Waals surface area contributed by atoms with Crippen LogP contribution in [-0.4, -0.2) is 17.6 Å². The molecule has 0 bridgehead atoms. The van der Waals surface area contributed by atoms with Crippen molar-refractivity contribution < 1.29 is 9.60 Å². The summed E-state index contributed by atoms with van der Waals surface area (Å²) in [6.07, 6.45) is 2.75. The van der Waals surface area contributed by atoms with Gasteiger partial charge in [0, 0.05) is 19.0 Å². The minimum absolute atomic E-state index is 0.0838. The number of amidine groups is 1. The standard InChI is InChI=1S/C14H20FN3O/c1-10(11-3-2-4-12(15)7-11)17-9-14(5-6-14)8-13(16)18-19/h2-4,7,10,17,19H,5-6,8-9H2,1H3,(H2,16,18)/t10-/m0/s1. The molecule has 1 fully saturated rings. The van der Waals surface area contributed by atoms with Crippen molar-refractivity contribution in [2.24, 2.45) is 16.3 Å². The van der Waals surface area contributed by atoms with Gasteiger partial charge in [0.05, 0.1) is 0 Å². The first-order chi connectivity index (χ1) is 9.04. The maximum atomic E-state index is 13.1. The van der Waals surface area contributed by atoms with Gasteiger partial charge in [-0.15, -0.1) is 0 Å². The monoisotopic (exact) mass is 265 g/mol. The van der Waals surface area contributed by atoms with Crippen molar-refractivity contribution in [1.82, 2.24) is 5.32 Å². The van der Waals surface area contributed by atoms with Crippen LogP contribution in [-0.2, 0) is 0 Å². The highest BCUT2D eigenvalue weighted by Crippen LogP contribution is 2.48. The molecule has 1 aliphatic carbocycles. The molecular weight excluding hydrogens is 245 g/mol. The van der Waals surface area contributed by atoms with Crippen molar-refractivity contribution in [1.29, 1.82) is 0 Å². The molecule has 1 saturated carbocycles. The van der Waals surface area contributed by atoms with Crippen LogP contribution in [0.1, 0.15) is 37.8 Å². The fraction of sp³-hybridized carbons (Fsp3) is 0.500. The van der Waals surface area contributed by atoms with E-state index in [1.54, 1.807) is 12.1 Å². The number of nitrogens with zero attached hydrogens (tertiary/aromatic N) is 1. The fourth-order valence-electron chi connectivity index (χ4n) is 2.28. The molecule has 5 heteroatoms. The van der Waals surface area contributed by atoms with E-state index in [1.165, 1.54) is 6.07 Å². The van der Waals surface area contributed by atoms with Gasteiger partial charge in [-0.2, -0.15) is 0 Å². The number of nitrogens with two attached hydrogens (primary N) is 1. The van der Waals surface area contributed by atoms with Gasteiger partial charge in [0.15, 0.2) is 0 Å². The second-order valence-electron chi connectivity index (χ2n) is 5.43. The third-order valence-corrected chi connectivity index (χ3v) is 3.77. The fourth-order valence-corrected chi connectivity index (χ4v) is 2.28. The van der Waals surface area contributed by atoms with Crippen LogP contribution in [0.25, 0.3) is 0 Å². The largest absolute Gasteiger partial charge is 0.409 e. The lowest BCUT2D eigenvalue weighted by Gasteiger charge is -2.20. The molecule has 104 valence electrons. The van der Waals surface area contributed by atoms with Gasteiger partial charge in [-0.05, 0) is 42.9 Å². The maximum Gasteiger partial charge on any atom is 0.139 e. The molecule has 0 aromatic heterocycles. The van der Waals surface area contributed by atoms with E-state index < -0.39 is 0 Å². The summed E-state index contributed by atoms with van der Waals surface area (Å²) in [5.74, 6) is 0.0571. The molecule has 0 heterocycles. The Morgan fingerprint density at radius 1 is 1.58 bits per heavy atom. The molecular formula is C14H20FN3O. The van der Waals surface area contributed by atoms with Crippen LogP contribution in [0, 0.1) is 11.2 Å². The number of rotatable bonds is 6. The topological polar surface area (TPSA) is 70.6 Å². The predicted octanol–water partition coefficient (Wildman–Crippen LogP) is 2.39. The van der Waals surface area contributed by atoms with E-state index in [2.05, 4.69) is 10.5 Å². The molecule has 1 aromatic carbocycles. The molecule has 4 N–H and O–H groups in total. The van der Waals surface area contributed by atoms with Crippen molar-refractivity contribution in [2.45, 2.75) is 32.2 Å². The van der Waals surface area contributed by atoms with Crippen LogP contribution in [0.4, 0.5) is 4.39 Å². The summed E-state index contributed by atoms with van der Waals surface area (Å²) in [4.78, 5) is 0. The number of halogens is 1. The van der Waals surface area contributed by atoms with E-state index in [0.717, 1.165) is 24.9 Å². The van der Waals surface area contributed by atoms with E-state index in [0.29, 0.717) is 6.42 Å². The second-order valence-corrected chi connectivity index (χ2v) is 5.43. The Morgan fingerprint density at radius 2 is 2.32 bits per heavy atom. The zero-order chi connectivity index (χ0) is 13.9. The molecule has 0 radical (unpaired) electrons. The van der Waals surface area contributed by atoms with Crippen molar-refractivity contribution in [2.75, 3.05) is 6.54 Å². The summed E-state index contributed by atoms with van der Waals surface area (Å²) in [5, 5.41) is 15.0. The Morgan fingerprint density at radius 3 is 2.89 bits per heavy atom.